The number of aromatic nitrogens is 3. The summed E-state index contributed by atoms with van der Waals surface area (Å²) in [4.78, 5) is 52.9. The van der Waals surface area contributed by atoms with Crippen molar-refractivity contribution in [1.29, 1.82) is 0 Å². The van der Waals surface area contributed by atoms with Gasteiger partial charge in [-0.05, 0) is 50.8 Å². The molecule has 3 heterocycles. The number of rotatable bonds is 7. The topological polar surface area (TPSA) is 107 Å². The Labute approximate surface area is 237 Å². The molecule has 0 bridgehead atoms. The molecule has 1 saturated heterocycles. The van der Waals surface area contributed by atoms with Crippen molar-refractivity contribution in [2.24, 2.45) is 7.05 Å². The van der Waals surface area contributed by atoms with Crippen LogP contribution in [-0.2, 0) is 11.8 Å². The van der Waals surface area contributed by atoms with Crippen LogP contribution in [0.5, 0.6) is 0 Å². The molecule has 0 aliphatic carbocycles. The first-order chi connectivity index (χ1) is 19.4. The maximum atomic E-state index is 14.7. The lowest BCUT2D eigenvalue weighted by atomic mass is 10.1. The molecule has 1 N–H and O–H groups in total. The number of benzene rings is 1. The summed E-state index contributed by atoms with van der Waals surface area (Å²) in [6.45, 7) is 3.94. The summed E-state index contributed by atoms with van der Waals surface area (Å²) in [7, 11) is 8.31. The SMILES string of the molecule is Cc1cc(NC(=O)c2ncc(-c3cc(F)c(N(C)C)nc3F)n2C)ccc1C(=O)N1CCN(C(=O)CN(C)C)CC1. The van der Waals surface area contributed by atoms with Crippen molar-refractivity contribution >= 4 is 29.2 Å². The average Bonchev–Trinajstić information content (AvgIpc) is 3.30. The number of pyridine rings is 1. The smallest absolute Gasteiger partial charge is 0.291 e. The van der Waals surface area contributed by atoms with Gasteiger partial charge in [0.1, 0.15) is 0 Å². The van der Waals surface area contributed by atoms with E-state index in [-0.39, 0.29) is 34.7 Å². The third-order valence-electron chi connectivity index (χ3n) is 6.89. The largest absolute Gasteiger partial charge is 0.360 e. The summed E-state index contributed by atoms with van der Waals surface area (Å²) in [5.74, 6) is -2.41. The van der Waals surface area contributed by atoms with Crippen molar-refractivity contribution < 1.29 is 23.2 Å². The van der Waals surface area contributed by atoms with Crippen molar-refractivity contribution in [3.8, 4) is 11.3 Å². The number of aryl methyl sites for hydroxylation is 1. The van der Waals surface area contributed by atoms with Crippen LogP contribution in [0, 0.1) is 18.7 Å². The predicted molar refractivity (Wildman–Crippen MR) is 151 cm³/mol. The average molecular weight is 569 g/mol. The van der Waals surface area contributed by atoms with Crippen molar-refractivity contribution in [2.45, 2.75) is 6.92 Å². The Morgan fingerprint density at radius 3 is 2.27 bits per heavy atom. The van der Waals surface area contributed by atoms with Crippen LogP contribution in [0.25, 0.3) is 11.3 Å². The second-order valence-electron chi connectivity index (χ2n) is 10.4. The zero-order chi connectivity index (χ0) is 30.0. The molecule has 2 aromatic heterocycles. The molecule has 0 saturated carbocycles. The molecule has 11 nitrogen and oxygen atoms in total. The van der Waals surface area contributed by atoms with Gasteiger partial charge in [0.2, 0.25) is 11.9 Å². The van der Waals surface area contributed by atoms with Gasteiger partial charge in [0, 0.05) is 58.6 Å². The van der Waals surface area contributed by atoms with Crippen LogP contribution in [0.2, 0.25) is 0 Å². The summed E-state index contributed by atoms with van der Waals surface area (Å²) in [5, 5.41) is 2.75. The molecule has 3 amide bonds. The zero-order valence-electron chi connectivity index (χ0n) is 24.0. The lowest BCUT2D eigenvalue weighted by Gasteiger charge is -2.35. The van der Waals surface area contributed by atoms with Crippen LogP contribution in [-0.4, -0.2) is 108 Å². The monoisotopic (exact) mass is 568 g/mol. The van der Waals surface area contributed by atoms with E-state index in [1.807, 2.05) is 19.0 Å². The van der Waals surface area contributed by atoms with Crippen molar-refractivity contribution in [3.05, 3.63) is 59.2 Å². The number of anilines is 2. The quantitative estimate of drug-likeness (QED) is 0.436. The van der Waals surface area contributed by atoms with Gasteiger partial charge in [-0.1, -0.05) is 0 Å². The standard InChI is InChI=1S/C28H34F2N8O3/c1-17-13-18(7-8-19(17)28(41)38-11-9-37(10-12-38)23(39)16-34(2)3)32-27(40)26-31-15-22(36(26)6)20-14-21(29)25(35(4)5)33-24(20)30/h7-8,13-15H,9-12,16H2,1-6H3,(H,32,40). The van der Waals surface area contributed by atoms with Gasteiger partial charge in [-0.15, -0.1) is 0 Å². The lowest BCUT2D eigenvalue weighted by Crippen LogP contribution is -2.52. The summed E-state index contributed by atoms with van der Waals surface area (Å²) < 4.78 is 30.5. The summed E-state index contributed by atoms with van der Waals surface area (Å²) in [6.07, 6.45) is 1.28. The lowest BCUT2D eigenvalue weighted by molar-refractivity contribution is -0.133. The predicted octanol–water partition coefficient (Wildman–Crippen LogP) is 2.23. The number of hydrogen-bond acceptors (Lipinski definition) is 7. The fourth-order valence-corrected chi connectivity index (χ4v) is 4.69. The molecular formula is C28H34F2N8O3. The Hall–Kier alpha value is -4.39. The number of piperazine rings is 1. The molecule has 1 aliphatic rings. The number of halogens is 2. The zero-order valence-corrected chi connectivity index (χ0v) is 24.0. The van der Waals surface area contributed by atoms with Gasteiger partial charge in [-0.25, -0.2) is 9.37 Å². The van der Waals surface area contributed by atoms with Gasteiger partial charge in [0.05, 0.1) is 24.0 Å². The Balaban J connectivity index is 1.43. The molecular weight excluding hydrogens is 534 g/mol. The van der Waals surface area contributed by atoms with E-state index in [0.717, 1.165) is 6.07 Å². The highest BCUT2D eigenvalue weighted by Gasteiger charge is 2.26. The van der Waals surface area contributed by atoms with E-state index < -0.39 is 17.7 Å². The van der Waals surface area contributed by atoms with Gasteiger partial charge in [-0.3, -0.25) is 14.4 Å². The minimum absolute atomic E-state index is 0.0176. The normalized spacial score (nSPS) is 13.5. The third-order valence-corrected chi connectivity index (χ3v) is 6.89. The first kappa shape index (κ1) is 29.6. The van der Waals surface area contributed by atoms with Gasteiger partial charge in [-0.2, -0.15) is 9.37 Å². The van der Waals surface area contributed by atoms with Gasteiger partial charge in [0.25, 0.3) is 11.8 Å². The van der Waals surface area contributed by atoms with E-state index >= 15 is 0 Å². The second-order valence-corrected chi connectivity index (χ2v) is 10.4. The Bertz CT molecular complexity index is 1480. The first-order valence-corrected chi connectivity index (χ1v) is 13.1. The Morgan fingerprint density at radius 2 is 1.66 bits per heavy atom. The number of imidazole rings is 1. The fraction of sp³-hybridized carbons (Fsp3) is 0.393. The number of hydrogen-bond donors (Lipinski definition) is 1. The number of nitrogens with one attached hydrogen (secondary N) is 1. The third kappa shape index (κ3) is 6.35. The van der Waals surface area contributed by atoms with E-state index in [2.05, 4.69) is 15.3 Å². The van der Waals surface area contributed by atoms with Crippen molar-refractivity contribution in [3.63, 3.8) is 0 Å². The molecule has 1 aromatic carbocycles. The molecule has 0 unspecified atom stereocenters. The van der Waals surface area contributed by atoms with E-state index in [9.17, 15) is 23.2 Å². The number of carbonyl (C=O) groups is 3. The summed E-state index contributed by atoms with van der Waals surface area (Å²) >= 11 is 0. The van der Waals surface area contributed by atoms with Crippen LogP contribution >= 0.6 is 0 Å². The molecule has 0 radical (unpaired) electrons. The van der Waals surface area contributed by atoms with Crippen LogP contribution < -0.4 is 10.2 Å². The van der Waals surface area contributed by atoms with Crippen LogP contribution in [0.3, 0.4) is 0 Å². The van der Waals surface area contributed by atoms with E-state index in [4.69, 9.17) is 0 Å². The van der Waals surface area contributed by atoms with Crippen molar-refractivity contribution in [2.75, 3.05) is 71.1 Å². The van der Waals surface area contributed by atoms with Crippen LogP contribution in [0.4, 0.5) is 20.3 Å². The maximum Gasteiger partial charge on any atom is 0.291 e. The summed E-state index contributed by atoms with van der Waals surface area (Å²) in [5.41, 5.74) is 1.68. The second kappa shape index (κ2) is 12.0. The summed E-state index contributed by atoms with van der Waals surface area (Å²) in [6, 6.07) is 5.98. The highest BCUT2D eigenvalue weighted by Crippen LogP contribution is 2.27. The maximum absolute atomic E-state index is 14.7. The number of amides is 3. The molecule has 4 rings (SSSR count). The highest BCUT2D eigenvalue weighted by molar-refractivity contribution is 6.03. The van der Waals surface area contributed by atoms with Crippen LogP contribution in [0.15, 0.2) is 30.5 Å². The minimum atomic E-state index is -0.887. The number of nitrogens with zero attached hydrogens (tertiary/aromatic N) is 7. The molecule has 0 spiro atoms. The van der Waals surface area contributed by atoms with Crippen molar-refractivity contribution in [1.82, 2.24) is 29.2 Å². The molecule has 218 valence electrons. The van der Waals surface area contributed by atoms with E-state index in [0.29, 0.717) is 49.5 Å². The first-order valence-electron chi connectivity index (χ1n) is 13.1. The van der Waals surface area contributed by atoms with E-state index in [1.54, 1.807) is 49.0 Å². The number of likely N-dealkylation sites (N-methyl/N-ethyl adjacent to an activating group) is 1. The molecule has 13 heteroatoms. The minimum Gasteiger partial charge on any atom is -0.360 e. The Kier molecular flexibility index (Phi) is 8.66. The van der Waals surface area contributed by atoms with Gasteiger partial charge in [0.15, 0.2) is 17.5 Å². The highest BCUT2D eigenvalue weighted by atomic mass is 19.1. The van der Waals surface area contributed by atoms with Gasteiger partial charge >= 0.3 is 0 Å². The molecule has 1 aliphatic heterocycles. The Morgan fingerprint density at radius 1 is 1.00 bits per heavy atom. The molecule has 1 fully saturated rings. The molecule has 0 atom stereocenters. The number of carbonyl (C=O) groups excluding carboxylic acids is 3. The molecule has 3 aromatic rings. The molecule has 41 heavy (non-hydrogen) atoms. The fourth-order valence-electron chi connectivity index (χ4n) is 4.69. The van der Waals surface area contributed by atoms with Gasteiger partial charge < -0.3 is 29.5 Å². The van der Waals surface area contributed by atoms with E-state index in [1.165, 1.54) is 22.7 Å². The van der Waals surface area contributed by atoms with Crippen LogP contribution in [0.1, 0.15) is 26.5 Å².